The molecule has 2 N–H and O–H groups in total. The smallest absolute Gasteiger partial charge is 0.279 e. The first-order chi connectivity index (χ1) is 17.1. The van der Waals surface area contributed by atoms with Crippen molar-refractivity contribution in [2.24, 2.45) is 0 Å². The first-order valence-electron chi connectivity index (χ1n) is 11.2. The summed E-state index contributed by atoms with van der Waals surface area (Å²) in [5.41, 5.74) is 5.18. The molecule has 4 aromatic rings. The van der Waals surface area contributed by atoms with Gasteiger partial charge in [0.15, 0.2) is 6.10 Å². The van der Waals surface area contributed by atoms with Gasteiger partial charge in [0.25, 0.3) is 11.8 Å². The van der Waals surface area contributed by atoms with Gasteiger partial charge in [0, 0.05) is 5.56 Å². The third-order valence-corrected chi connectivity index (χ3v) is 5.18. The Bertz CT molecular complexity index is 1280. The highest BCUT2D eigenvalue weighted by Gasteiger charge is 2.16. The van der Waals surface area contributed by atoms with Gasteiger partial charge in [-0.3, -0.25) is 20.4 Å². The lowest BCUT2D eigenvalue weighted by atomic mass is 10.1. The molecule has 0 aliphatic carbocycles. The van der Waals surface area contributed by atoms with Crippen LogP contribution in [0.5, 0.6) is 17.2 Å². The van der Waals surface area contributed by atoms with E-state index in [-0.39, 0.29) is 0 Å². The lowest BCUT2D eigenvalue weighted by molar-refractivity contribution is -0.128. The number of rotatable bonds is 9. The number of para-hydroxylation sites is 1. The van der Waals surface area contributed by atoms with E-state index < -0.39 is 17.9 Å². The highest BCUT2D eigenvalue weighted by molar-refractivity contribution is 5.95. The molecular formula is C28H26N2O5. The lowest BCUT2D eigenvalue weighted by Gasteiger charge is -2.15. The molecule has 2 amide bonds. The van der Waals surface area contributed by atoms with Crippen LogP contribution in [0.25, 0.3) is 10.8 Å². The van der Waals surface area contributed by atoms with Crippen molar-refractivity contribution in [2.75, 3.05) is 13.2 Å². The van der Waals surface area contributed by atoms with E-state index in [0.29, 0.717) is 30.3 Å². The van der Waals surface area contributed by atoms with Gasteiger partial charge in [-0.15, -0.1) is 0 Å². The molecule has 0 bridgehead atoms. The predicted molar refractivity (Wildman–Crippen MR) is 134 cm³/mol. The number of hydrazine groups is 1. The maximum absolute atomic E-state index is 12.4. The van der Waals surface area contributed by atoms with Gasteiger partial charge in [-0.2, -0.15) is 0 Å². The fraction of sp³-hybridized carbons (Fsp3) is 0.143. The van der Waals surface area contributed by atoms with E-state index in [0.717, 1.165) is 16.5 Å². The first kappa shape index (κ1) is 23.6. The summed E-state index contributed by atoms with van der Waals surface area (Å²) in [4.78, 5) is 24.7. The zero-order valence-electron chi connectivity index (χ0n) is 19.3. The van der Waals surface area contributed by atoms with Crippen LogP contribution >= 0.6 is 0 Å². The molecule has 0 spiro atoms. The fourth-order valence-corrected chi connectivity index (χ4v) is 3.33. The summed E-state index contributed by atoms with van der Waals surface area (Å²) < 4.78 is 16.9. The van der Waals surface area contributed by atoms with Crippen molar-refractivity contribution in [3.05, 3.63) is 103 Å². The molecule has 0 aliphatic heterocycles. The van der Waals surface area contributed by atoms with Gasteiger partial charge in [0.1, 0.15) is 30.5 Å². The summed E-state index contributed by atoms with van der Waals surface area (Å²) in [6, 6.07) is 29.6. The summed E-state index contributed by atoms with van der Waals surface area (Å²) in [7, 11) is 0. The Morgan fingerprint density at radius 3 is 2.00 bits per heavy atom. The number of hydrogen-bond donors (Lipinski definition) is 2. The highest BCUT2D eigenvalue weighted by atomic mass is 16.5. The van der Waals surface area contributed by atoms with Gasteiger partial charge in [0.05, 0.1) is 0 Å². The Kier molecular flexibility index (Phi) is 7.81. The molecule has 4 aromatic carbocycles. The number of fused-ring (bicyclic) bond motifs is 1. The van der Waals surface area contributed by atoms with Crippen LogP contribution in [0.1, 0.15) is 17.3 Å². The molecule has 0 aliphatic rings. The molecule has 0 saturated heterocycles. The number of amides is 2. The second kappa shape index (κ2) is 11.6. The van der Waals surface area contributed by atoms with Crippen molar-refractivity contribution in [2.45, 2.75) is 13.0 Å². The van der Waals surface area contributed by atoms with Gasteiger partial charge in [-0.1, -0.05) is 48.5 Å². The molecule has 178 valence electrons. The number of hydrogen-bond acceptors (Lipinski definition) is 5. The van der Waals surface area contributed by atoms with Crippen LogP contribution in [0.2, 0.25) is 0 Å². The monoisotopic (exact) mass is 470 g/mol. The summed E-state index contributed by atoms with van der Waals surface area (Å²) in [5.74, 6) is 1.05. The van der Waals surface area contributed by atoms with E-state index in [1.807, 2.05) is 72.8 Å². The quantitative estimate of drug-likeness (QED) is 0.277. The van der Waals surface area contributed by atoms with Crippen molar-refractivity contribution < 1.29 is 23.8 Å². The van der Waals surface area contributed by atoms with E-state index in [1.54, 1.807) is 31.2 Å². The van der Waals surface area contributed by atoms with Crippen molar-refractivity contribution in [3.63, 3.8) is 0 Å². The van der Waals surface area contributed by atoms with Crippen LogP contribution < -0.4 is 25.1 Å². The summed E-state index contributed by atoms with van der Waals surface area (Å²) in [5, 5.41) is 2.10. The molecule has 1 unspecified atom stereocenters. The van der Waals surface area contributed by atoms with E-state index >= 15 is 0 Å². The third kappa shape index (κ3) is 6.74. The molecule has 7 heteroatoms. The molecule has 4 rings (SSSR count). The van der Waals surface area contributed by atoms with Gasteiger partial charge in [-0.25, -0.2) is 0 Å². The van der Waals surface area contributed by atoms with E-state index in [2.05, 4.69) is 10.9 Å². The lowest BCUT2D eigenvalue weighted by Crippen LogP contribution is -2.47. The van der Waals surface area contributed by atoms with E-state index in [4.69, 9.17) is 14.2 Å². The summed E-state index contributed by atoms with van der Waals surface area (Å²) in [6.45, 7) is 2.38. The van der Waals surface area contributed by atoms with Crippen LogP contribution in [0, 0.1) is 0 Å². The maximum atomic E-state index is 12.4. The van der Waals surface area contributed by atoms with Gasteiger partial charge < -0.3 is 14.2 Å². The van der Waals surface area contributed by atoms with Crippen LogP contribution in [0.4, 0.5) is 0 Å². The molecule has 0 heterocycles. The number of nitrogens with one attached hydrogen (secondary N) is 2. The zero-order valence-corrected chi connectivity index (χ0v) is 19.3. The van der Waals surface area contributed by atoms with Gasteiger partial charge in [0.2, 0.25) is 0 Å². The Hall–Kier alpha value is -4.52. The summed E-state index contributed by atoms with van der Waals surface area (Å²) >= 11 is 0. The van der Waals surface area contributed by atoms with Crippen LogP contribution in [-0.4, -0.2) is 31.1 Å². The number of carbonyl (C=O) groups is 2. The van der Waals surface area contributed by atoms with Crippen molar-refractivity contribution in [3.8, 4) is 17.2 Å². The van der Waals surface area contributed by atoms with Crippen molar-refractivity contribution in [1.82, 2.24) is 10.9 Å². The zero-order chi connectivity index (χ0) is 24.5. The van der Waals surface area contributed by atoms with Gasteiger partial charge in [-0.05, 0) is 66.2 Å². The second-order valence-electron chi connectivity index (χ2n) is 7.75. The standard InChI is InChI=1S/C28H26N2O5/c1-20(35-26-16-11-21-7-5-6-8-23(21)19-26)27(31)29-30-28(32)22-12-14-25(15-13-22)34-18-17-33-24-9-3-2-4-10-24/h2-16,19-20H,17-18H2,1H3,(H,29,31)(H,30,32). The molecule has 1 atom stereocenters. The number of benzene rings is 4. The maximum Gasteiger partial charge on any atom is 0.279 e. The Morgan fingerprint density at radius 2 is 1.29 bits per heavy atom. The average Bonchev–Trinajstić information content (AvgIpc) is 2.90. The molecule has 0 fully saturated rings. The Labute approximate surface area is 203 Å². The fourth-order valence-electron chi connectivity index (χ4n) is 3.33. The molecule has 0 radical (unpaired) electrons. The molecule has 35 heavy (non-hydrogen) atoms. The molecule has 0 saturated carbocycles. The largest absolute Gasteiger partial charge is 0.490 e. The van der Waals surface area contributed by atoms with Crippen molar-refractivity contribution >= 4 is 22.6 Å². The Morgan fingerprint density at radius 1 is 0.686 bits per heavy atom. The van der Waals surface area contributed by atoms with Gasteiger partial charge >= 0.3 is 0 Å². The van der Waals surface area contributed by atoms with Crippen LogP contribution in [0.3, 0.4) is 0 Å². The average molecular weight is 471 g/mol. The van der Waals surface area contributed by atoms with E-state index in [1.165, 1.54) is 0 Å². The minimum absolute atomic E-state index is 0.367. The number of carbonyl (C=O) groups excluding carboxylic acids is 2. The minimum Gasteiger partial charge on any atom is -0.490 e. The molecule has 7 nitrogen and oxygen atoms in total. The van der Waals surface area contributed by atoms with Crippen molar-refractivity contribution in [1.29, 1.82) is 0 Å². The normalized spacial score (nSPS) is 11.3. The Balaban J connectivity index is 1.20. The number of ether oxygens (including phenoxy) is 3. The van der Waals surface area contributed by atoms with E-state index in [9.17, 15) is 9.59 Å². The first-order valence-corrected chi connectivity index (χ1v) is 11.2. The topological polar surface area (TPSA) is 85.9 Å². The molecular weight excluding hydrogens is 444 g/mol. The molecule has 0 aromatic heterocycles. The highest BCUT2D eigenvalue weighted by Crippen LogP contribution is 2.21. The minimum atomic E-state index is -0.801. The predicted octanol–water partition coefficient (Wildman–Crippen LogP) is 4.53. The third-order valence-electron chi connectivity index (χ3n) is 5.18. The van der Waals surface area contributed by atoms with Crippen LogP contribution in [0.15, 0.2) is 97.1 Å². The van der Waals surface area contributed by atoms with Crippen LogP contribution in [-0.2, 0) is 4.79 Å². The SMILES string of the molecule is CC(Oc1ccc2ccccc2c1)C(=O)NNC(=O)c1ccc(OCCOc2ccccc2)cc1. The summed E-state index contributed by atoms with van der Waals surface area (Å²) in [6.07, 6.45) is -0.801. The second-order valence-corrected chi connectivity index (χ2v) is 7.75.